The fourth-order valence-electron chi connectivity index (χ4n) is 4.36. The van der Waals surface area contributed by atoms with Gasteiger partial charge in [0.25, 0.3) is 0 Å². The number of nitrogens with one attached hydrogen (secondary N) is 1. The summed E-state index contributed by atoms with van der Waals surface area (Å²) in [5.74, 6) is -2.69. The lowest BCUT2D eigenvalue weighted by molar-refractivity contribution is -0.151. The van der Waals surface area contributed by atoms with Gasteiger partial charge in [-0.15, -0.1) is 11.3 Å². The molecule has 3 unspecified atom stereocenters. The van der Waals surface area contributed by atoms with Gasteiger partial charge in [-0.25, -0.2) is 4.98 Å². The van der Waals surface area contributed by atoms with Crippen molar-refractivity contribution in [2.75, 3.05) is 19.6 Å². The molecule has 0 radical (unpaired) electrons. The van der Waals surface area contributed by atoms with E-state index in [1.54, 1.807) is 5.38 Å². The number of nitrogens with two attached hydrogens (primary N) is 2. The number of carboxylic acids is 1. The molecular weight excluding hydrogens is 478 g/mol. The number of carbonyl (C=O) groups is 5. The number of Topliss-reactive ketones (excluding diaryl/α,β-unsaturated/α-hetero) is 1. The molecular formula is C21H29N7O6S. The van der Waals surface area contributed by atoms with Crippen LogP contribution in [0.4, 0.5) is 0 Å². The Kier molecular flexibility index (Phi) is 8.73. The van der Waals surface area contributed by atoms with Crippen LogP contribution in [0.1, 0.15) is 48.3 Å². The Hall–Kier alpha value is -3.55. The van der Waals surface area contributed by atoms with E-state index in [-0.39, 0.29) is 61.1 Å². The molecule has 0 bridgehead atoms. The van der Waals surface area contributed by atoms with E-state index >= 15 is 0 Å². The molecule has 0 saturated carbocycles. The van der Waals surface area contributed by atoms with Gasteiger partial charge < -0.3 is 31.7 Å². The number of carboxylic acid groups (broad SMARTS) is 1. The maximum Gasteiger partial charge on any atom is 0.303 e. The summed E-state index contributed by atoms with van der Waals surface area (Å²) in [4.78, 5) is 72.8. The van der Waals surface area contributed by atoms with E-state index in [4.69, 9.17) is 16.6 Å². The molecule has 3 amide bonds. The fourth-order valence-corrected chi connectivity index (χ4v) is 4.99. The first kappa shape index (κ1) is 26.1. The fraction of sp³-hybridized carbons (Fsp3) is 0.571. The minimum atomic E-state index is -1.08. The highest BCUT2D eigenvalue weighted by Gasteiger charge is 2.46. The highest BCUT2D eigenvalue weighted by atomic mass is 32.1. The summed E-state index contributed by atoms with van der Waals surface area (Å²) in [6, 6.07) is -1.94. The summed E-state index contributed by atoms with van der Waals surface area (Å²) in [7, 11) is 0. The quantitative estimate of drug-likeness (QED) is 0.124. The van der Waals surface area contributed by atoms with Gasteiger partial charge in [0, 0.05) is 31.1 Å². The minimum Gasteiger partial charge on any atom is -0.481 e. The Bertz CT molecular complexity index is 994. The summed E-state index contributed by atoms with van der Waals surface area (Å²) in [5, 5.41) is 13.5. The van der Waals surface area contributed by atoms with E-state index in [0.29, 0.717) is 25.8 Å². The molecule has 2 fully saturated rings. The molecule has 13 nitrogen and oxygen atoms in total. The Balaban J connectivity index is 1.64. The molecule has 1 aromatic heterocycles. The number of nitrogens with zero attached hydrogens (tertiary/aromatic N) is 4. The summed E-state index contributed by atoms with van der Waals surface area (Å²) in [6.45, 7) is 0.328. The van der Waals surface area contributed by atoms with E-state index in [2.05, 4.69) is 15.3 Å². The van der Waals surface area contributed by atoms with Gasteiger partial charge in [0.1, 0.15) is 6.04 Å². The number of ketones is 1. The number of hydrogen-bond donors (Lipinski definition) is 4. The number of fused-ring (bicyclic) bond motifs is 1. The first-order valence-corrected chi connectivity index (χ1v) is 12.2. The van der Waals surface area contributed by atoms with Crippen molar-refractivity contribution in [2.45, 2.75) is 56.7 Å². The van der Waals surface area contributed by atoms with Crippen LogP contribution < -0.4 is 16.8 Å². The second-order valence-corrected chi connectivity index (χ2v) is 9.32. The summed E-state index contributed by atoms with van der Waals surface area (Å²) in [5.41, 5.74) is 10.7. The first-order valence-electron chi connectivity index (χ1n) is 11.3. The molecule has 190 valence electrons. The molecule has 3 rings (SSSR count). The lowest BCUT2D eigenvalue weighted by atomic mass is 10.1. The second kappa shape index (κ2) is 11.7. The molecule has 2 aliphatic rings. The van der Waals surface area contributed by atoms with E-state index in [9.17, 15) is 24.0 Å². The predicted molar refractivity (Wildman–Crippen MR) is 125 cm³/mol. The number of amides is 3. The van der Waals surface area contributed by atoms with Crippen molar-refractivity contribution in [1.29, 1.82) is 0 Å². The van der Waals surface area contributed by atoms with Crippen LogP contribution in [-0.4, -0.2) is 93.1 Å². The standard InChI is InChI=1S/C21H29N7O6S/c22-21(23)25-7-1-2-13(18(33)20-24-8-9-35-20)26-19(34)14-4-3-12-10-27(11-16(30)28(12)14)15(29)5-6-17(31)32/h8-9,12-14H,1-7,10-11H2,(H,26,34)(H,31,32)(H4,22,23,25). The number of aliphatic imine (C=N–C) groups is 1. The van der Waals surface area contributed by atoms with Gasteiger partial charge in [-0.2, -0.15) is 0 Å². The van der Waals surface area contributed by atoms with Crippen LogP contribution in [0.2, 0.25) is 0 Å². The number of hydrogen-bond acceptors (Lipinski definition) is 8. The van der Waals surface area contributed by atoms with Gasteiger partial charge in [0.2, 0.25) is 23.5 Å². The molecule has 0 aromatic carbocycles. The van der Waals surface area contributed by atoms with Gasteiger partial charge >= 0.3 is 5.97 Å². The summed E-state index contributed by atoms with van der Waals surface area (Å²) >= 11 is 1.17. The van der Waals surface area contributed by atoms with Gasteiger partial charge in [-0.1, -0.05) is 0 Å². The largest absolute Gasteiger partial charge is 0.481 e. The average Bonchev–Trinajstić information content (AvgIpc) is 3.49. The van der Waals surface area contributed by atoms with Crippen LogP contribution >= 0.6 is 11.3 Å². The molecule has 1 aromatic rings. The number of carbonyl (C=O) groups excluding carboxylic acids is 4. The molecule has 0 aliphatic carbocycles. The smallest absolute Gasteiger partial charge is 0.303 e. The Labute approximate surface area is 205 Å². The number of guanidine groups is 1. The Morgan fingerprint density at radius 3 is 2.69 bits per heavy atom. The third-order valence-corrected chi connectivity index (χ3v) is 6.76. The van der Waals surface area contributed by atoms with E-state index in [1.165, 1.54) is 27.3 Å². The monoisotopic (exact) mass is 507 g/mol. The highest BCUT2D eigenvalue weighted by molar-refractivity contribution is 7.11. The maximum atomic E-state index is 13.2. The molecule has 6 N–H and O–H groups in total. The third-order valence-electron chi connectivity index (χ3n) is 5.98. The Morgan fingerprint density at radius 2 is 2.03 bits per heavy atom. The van der Waals surface area contributed by atoms with Gasteiger partial charge in [-0.3, -0.25) is 29.0 Å². The van der Waals surface area contributed by atoms with Gasteiger partial charge in [-0.05, 0) is 25.7 Å². The highest BCUT2D eigenvalue weighted by Crippen LogP contribution is 2.29. The SMILES string of the molecule is NC(N)=NCCCC(NC(=O)C1CCC2CN(C(=O)CCC(=O)O)CC(=O)N21)C(=O)c1nccs1. The number of rotatable bonds is 11. The molecule has 14 heteroatoms. The average molecular weight is 508 g/mol. The van der Waals surface area contributed by atoms with Crippen molar-refractivity contribution in [3.63, 3.8) is 0 Å². The molecule has 0 spiro atoms. The number of aromatic nitrogens is 1. The normalized spacial score (nSPS) is 20.2. The zero-order chi connectivity index (χ0) is 25.5. The zero-order valence-electron chi connectivity index (χ0n) is 19.1. The van der Waals surface area contributed by atoms with E-state index in [1.807, 2.05) is 0 Å². The van der Waals surface area contributed by atoms with Crippen molar-refractivity contribution in [2.24, 2.45) is 16.5 Å². The van der Waals surface area contributed by atoms with Crippen molar-refractivity contribution in [3.05, 3.63) is 16.6 Å². The van der Waals surface area contributed by atoms with Crippen molar-refractivity contribution in [1.82, 2.24) is 20.1 Å². The Morgan fingerprint density at radius 1 is 1.26 bits per heavy atom. The van der Waals surface area contributed by atoms with Crippen LogP contribution in [0.5, 0.6) is 0 Å². The first-order chi connectivity index (χ1) is 16.7. The maximum absolute atomic E-state index is 13.2. The van der Waals surface area contributed by atoms with E-state index in [0.717, 1.165) is 0 Å². The van der Waals surface area contributed by atoms with Crippen LogP contribution in [0, 0.1) is 0 Å². The molecule has 2 saturated heterocycles. The van der Waals surface area contributed by atoms with Crippen LogP contribution in [0.15, 0.2) is 16.6 Å². The van der Waals surface area contributed by atoms with Crippen LogP contribution in [-0.2, 0) is 19.2 Å². The number of aliphatic carboxylic acids is 1. The van der Waals surface area contributed by atoms with E-state index < -0.39 is 29.9 Å². The minimum absolute atomic E-state index is 0.0621. The molecule has 3 heterocycles. The van der Waals surface area contributed by atoms with Crippen molar-refractivity contribution in [3.8, 4) is 0 Å². The number of thiazole rings is 1. The zero-order valence-corrected chi connectivity index (χ0v) is 19.9. The summed E-state index contributed by atoms with van der Waals surface area (Å²) in [6.07, 6.45) is 2.67. The summed E-state index contributed by atoms with van der Waals surface area (Å²) < 4.78 is 0. The number of piperazine rings is 1. The van der Waals surface area contributed by atoms with Crippen LogP contribution in [0.3, 0.4) is 0 Å². The van der Waals surface area contributed by atoms with Crippen molar-refractivity contribution < 1.29 is 29.1 Å². The third kappa shape index (κ3) is 6.74. The predicted octanol–water partition coefficient (Wildman–Crippen LogP) is -1.07. The lowest BCUT2D eigenvalue weighted by Crippen LogP contribution is -2.60. The molecule has 35 heavy (non-hydrogen) atoms. The molecule has 3 atom stereocenters. The van der Waals surface area contributed by atoms with Gasteiger partial charge in [0.15, 0.2) is 11.0 Å². The van der Waals surface area contributed by atoms with Gasteiger partial charge in [0.05, 0.1) is 25.0 Å². The molecule has 2 aliphatic heterocycles. The second-order valence-electron chi connectivity index (χ2n) is 8.43. The van der Waals surface area contributed by atoms with Crippen LogP contribution in [0.25, 0.3) is 0 Å². The van der Waals surface area contributed by atoms with Crippen molar-refractivity contribution >= 4 is 46.8 Å². The topological polar surface area (TPSA) is 201 Å². The lowest BCUT2D eigenvalue weighted by Gasteiger charge is -2.39.